The molecule has 0 bridgehead atoms. The van der Waals surface area contributed by atoms with Crippen molar-refractivity contribution in [3.8, 4) is 23.0 Å². The number of carbonyl (C=O) groups excluding carboxylic acids is 1. The van der Waals surface area contributed by atoms with Crippen LogP contribution in [0, 0.1) is 6.92 Å². The number of aliphatic hydroxyl groups is 1. The molecular weight excluding hydrogens is 360 g/mol. The van der Waals surface area contributed by atoms with E-state index in [1.165, 1.54) is 7.11 Å². The molecule has 0 spiro atoms. The molecule has 0 saturated carbocycles. The van der Waals surface area contributed by atoms with Gasteiger partial charge in [-0.05, 0) is 24.6 Å². The van der Waals surface area contributed by atoms with Gasteiger partial charge < -0.3 is 24.3 Å². The molecule has 0 aliphatic heterocycles. The number of aromatic nitrogens is 1. The summed E-state index contributed by atoms with van der Waals surface area (Å²) in [6.07, 6.45) is -0.810. The highest BCUT2D eigenvalue weighted by atomic mass is 16.5. The zero-order valence-electron chi connectivity index (χ0n) is 15.9. The Morgan fingerprint density at radius 1 is 1.14 bits per heavy atom. The first kappa shape index (κ1) is 19.4. The number of ether oxygens (including phenoxy) is 2. The summed E-state index contributed by atoms with van der Waals surface area (Å²) < 4.78 is 16.4. The molecule has 0 aliphatic carbocycles. The number of hydrogen-bond donors (Lipinski definition) is 2. The third kappa shape index (κ3) is 3.99. The van der Waals surface area contributed by atoms with E-state index in [1.54, 1.807) is 44.4 Å². The normalized spacial score (nSPS) is 11.7. The molecular formula is C21H22N2O5. The maximum absolute atomic E-state index is 12.5. The highest BCUT2D eigenvalue weighted by Gasteiger charge is 2.22. The molecule has 146 valence electrons. The lowest BCUT2D eigenvalue weighted by molar-refractivity contribution is 0.0910. The molecule has 1 atom stereocenters. The Kier molecular flexibility index (Phi) is 5.96. The minimum absolute atomic E-state index is 0.0625. The maximum atomic E-state index is 12.5. The molecule has 1 amide bonds. The van der Waals surface area contributed by atoms with Crippen molar-refractivity contribution >= 4 is 5.91 Å². The number of methoxy groups -OCH3 is 2. The first-order chi connectivity index (χ1) is 13.5. The van der Waals surface area contributed by atoms with Gasteiger partial charge in [-0.1, -0.05) is 36.4 Å². The molecule has 0 aliphatic rings. The largest absolute Gasteiger partial charge is 0.493 e. The Morgan fingerprint density at radius 2 is 1.89 bits per heavy atom. The summed E-state index contributed by atoms with van der Waals surface area (Å²) in [5.41, 5.74) is 1.45. The van der Waals surface area contributed by atoms with E-state index < -0.39 is 12.0 Å². The van der Waals surface area contributed by atoms with Crippen LogP contribution in [-0.4, -0.2) is 36.8 Å². The fourth-order valence-electron chi connectivity index (χ4n) is 2.84. The molecule has 7 heteroatoms. The number of rotatable bonds is 7. The molecule has 0 radical (unpaired) electrons. The summed E-state index contributed by atoms with van der Waals surface area (Å²) in [5.74, 6) is 1.20. The third-order valence-electron chi connectivity index (χ3n) is 4.29. The second-order valence-electron chi connectivity index (χ2n) is 6.10. The van der Waals surface area contributed by atoms with E-state index in [2.05, 4.69) is 10.3 Å². The van der Waals surface area contributed by atoms with Gasteiger partial charge in [0.2, 0.25) is 5.89 Å². The Balaban J connectivity index is 1.78. The molecule has 0 fully saturated rings. The highest BCUT2D eigenvalue weighted by molar-refractivity contribution is 5.93. The smallest absolute Gasteiger partial charge is 0.273 e. The molecule has 28 heavy (non-hydrogen) atoms. The van der Waals surface area contributed by atoms with E-state index in [9.17, 15) is 9.90 Å². The van der Waals surface area contributed by atoms with Crippen LogP contribution in [0.15, 0.2) is 52.9 Å². The Labute approximate surface area is 162 Å². The van der Waals surface area contributed by atoms with Gasteiger partial charge in [0.25, 0.3) is 5.91 Å². The number of para-hydroxylation sites is 1. The fourth-order valence-corrected chi connectivity index (χ4v) is 2.84. The molecule has 1 unspecified atom stereocenters. The predicted octanol–water partition coefficient (Wildman–Crippen LogP) is 3.13. The molecule has 2 N–H and O–H groups in total. The topological polar surface area (TPSA) is 93.8 Å². The van der Waals surface area contributed by atoms with Crippen LogP contribution in [0.3, 0.4) is 0 Å². The van der Waals surface area contributed by atoms with Gasteiger partial charge in [0.15, 0.2) is 17.2 Å². The van der Waals surface area contributed by atoms with E-state index in [0.29, 0.717) is 22.8 Å². The van der Waals surface area contributed by atoms with E-state index in [-0.39, 0.29) is 18.1 Å². The quantitative estimate of drug-likeness (QED) is 0.652. The SMILES string of the molecule is COc1cccc(-c2nc(C(=O)NCC(O)c3ccccc3)c(C)o2)c1OC. The van der Waals surface area contributed by atoms with Crippen LogP contribution in [0.5, 0.6) is 11.5 Å². The predicted molar refractivity (Wildman–Crippen MR) is 104 cm³/mol. The Morgan fingerprint density at radius 3 is 2.57 bits per heavy atom. The van der Waals surface area contributed by atoms with Gasteiger partial charge in [0.05, 0.1) is 25.9 Å². The standard InChI is InChI=1S/C21H22N2O5/c1-13-18(20(25)22-12-16(24)14-8-5-4-6-9-14)23-21(28-13)15-10-7-11-17(26-2)19(15)27-3/h4-11,16,24H,12H2,1-3H3,(H,22,25). The number of hydrogen-bond acceptors (Lipinski definition) is 6. The van der Waals surface area contributed by atoms with Gasteiger partial charge in [-0.3, -0.25) is 4.79 Å². The lowest BCUT2D eigenvalue weighted by atomic mass is 10.1. The minimum Gasteiger partial charge on any atom is -0.493 e. The van der Waals surface area contributed by atoms with Gasteiger partial charge in [-0.15, -0.1) is 0 Å². The average Bonchev–Trinajstić information content (AvgIpc) is 3.13. The number of amides is 1. The molecule has 1 aromatic heterocycles. The number of aryl methyl sites for hydroxylation is 1. The van der Waals surface area contributed by atoms with Gasteiger partial charge in [0, 0.05) is 6.54 Å². The van der Waals surface area contributed by atoms with Crippen LogP contribution < -0.4 is 14.8 Å². The van der Waals surface area contributed by atoms with Crippen molar-refractivity contribution in [2.75, 3.05) is 20.8 Å². The lowest BCUT2D eigenvalue weighted by Gasteiger charge is -2.11. The maximum Gasteiger partial charge on any atom is 0.273 e. The van der Waals surface area contributed by atoms with Crippen molar-refractivity contribution in [2.24, 2.45) is 0 Å². The zero-order valence-corrected chi connectivity index (χ0v) is 15.9. The molecule has 7 nitrogen and oxygen atoms in total. The molecule has 3 rings (SSSR count). The van der Waals surface area contributed by atoms with Crippen LogP contribution >= 0.6 is 0 Å². The van der Waals surface area contributed by atoms with Crippen LogP contribution in [-0.2, 0) is 0 Å². The summed E-state index contributed by atoms with van der Waals surface area (Å²) in [5, 5.41) is 12.9. The van der Waals surface area contributed by atoms with Gasteiger partial charge in [-0.2, -0.15) is 0 Å². The summed E-state index contributed by atoms with van der Waals surface area (Å²) in [7, 11) is 3.06. The van der Waals surface area contributed by atoms with E-state index >= 15 is 0 Å². The molecule has 0 saturated heterocycles. The average molecular weight is 382 g/mol. The summed E-state index contributed by atoms with van der Waals surface area (Å²) >= 11 is 0. The Hall–Kier alpha value is -3.32. The van der Waals surface area contributed by atoms with Crippen LogP contribution in [0.4, 0.5) is 0 Å². The van der Waals surface area contributed by atoms with Crippen molar-refractivity contribution in [1.82, 2.24) is 10.3 Å². The molecule has 2 aromatic carbocycles. The number of aliphatic hydroxyl groups excluding tert-OH is 1. The van der Waals surface area contributed by atoms with Gasteiger partial charge in [-0.25, -0.2) is 4.98 Å². The number of nitrogens with one attached hydrogen (secondary N) is 1. The van der Waals surface area contributed by atoms with Gasteiger partial charge in [0.1, 0.15) is 5.76 Å². The summed E-state index contributed by atoms with van der Waals surface area (Å²) in [6.45, 7) is 1.72. The number of carbonyl (C=O) groups is 1. The number of oxazole rings is 1. The van der Waals surface area contributed by atoms with E-state index in [0.717, 1.165) is 5.56 Å². The summed E-state index contributed by atoms with van der Waals surface area (Å²) in [4.78, 5) is 16.8. The number of nitrogens with zero attached hydrogens (tertiary/aromatic N) is 1. The van der Waals surface area contributed by atoms with Crippen molar-refractivity contribution < 1.29 is 23.8 Å². The first-order valence-electron chi connectivity index (χ1n) is 8.75. The van der Waals surface area contributed by atoms with Crippen LogP contribution in [0.2, 0.25) is 0 Å². The fraction of sp³-hybridized carbons (Fsp3) is 0.238. The van der Waals surface area contributed by atoms with Crippen molar-refractivity contribution in [1.29, 1.82) is 0 Å². The lowest BCUT2D eigenvalue weighted by Crippen LogP contribution is -2.29. The van der Waals surface area contributed by atoms with Crippen LogP contribution in [0.1, 0.15) is 27.9 Å². The van der Waals surface area contributed by atoms with Crippen molar-refractivity contribution in [3.05, 3.63) is 65.5 Å². The monoisotopic (exact) mass is 382 g/mol. The molecule has 3 aromatic rings. The van der Waals surface area contributed by atoms with E-state index in [4.69, 9.17) is 13.9 Å². The van der Waals surface area contributed by atoms with Crippen molar-refractivity contribution in [2.45, 2.75) is 13.0 Å². The second-order valence-corrected chi connectivity index (χ2v) is 6.10. The Bertz CT molecular complexity index is 953. The van der Waals surface area contributed by atoms with Crippen molar-refractivity contribution in [3.63, 3.8) is 0 Å². The number of benzene rings is 2. The minimum atomic E-state index is -0.810. The second kappa shape index (κ2) is 8.58. The first-order valence-corrected chi connectivity index (χ1v) is 8.75. The zero-order chi connectivity index (χ0) is 20.1. The highest BCUT2D eigenvalue weighted by Crippen LogP contribution is 2.37. The molecule has 1 heterocycles. The third-order valence-corrected chi connectivity index (χ3v) is 4.29. The van der Waals surface area contributed by atoms with Crippen LogP contribution in [0.25, 0.3) is 11.5 Å². The summed E-state index contributed by atoms with van der Waals surface area (Å²) in [6, 6.07) is 14.4. The van der Waals surface area contributed by atoms with Gasteiger partial charge >= 0.3 is 0 Å². The van der Waals surface area contributed by atoms with E-state index in [1.807, 2.05) is 18.2 Å².